The summed E-state index contributed by atoms with van der Waals surface area (Å²) in [5, 5.41) is 0. The maximum Gasteiger partial charge on any atom is 0.142 e. The predicted molar refractivity (Wildman–Crippen MR) is 94.4 cm³/mol. The molecule has 1 fully saturated rings. The molecule has 1 heteroatoms. The SMILES string of the molecule is CCc1ccc(-c2ccc(C3(c4ccccc4)CO3)cc2)cc1. The Kier molecular flexibility index (Phi) is 3.51. The molecular formula is C22H20O. The third kappa shape index (κ3) is 2.58. The van der Waals surface area contributed by atoms with E-state index in [-0.39, 0.29) is 5.60 Å². The van der Waals surface area contributed by atoms with Crippen molar-refractivity contribution in [1.82, 2.24) is 0 Å². The van der Waals surface area contributed by atoms with Crippen molar-refractivity contribution in [2.45, 2.75) is 18.9 Å². The van der Waals surface area contributed by atoms with E-state index in [1.807, 2.05) is 6.07 Å². The second kappa shape index (κ2) is 5.68. The Morgan fingerprint density at radius 2 is 1.26 bits per heavy atom. The summed E-state index contributed by atoms with van der Waals surface area (Å²) in [4.78, 5) is 0. The standard InChI is InChI=1S/C22H20O/c1-2-17-8-10-18(11-9-17)19-12-14-21(15-13-19)22(16-23-22)20-6-4-3-5-7-20/h3-15H,2,16H2,1H3. The van der Waals surface area contributed by atoms with Crippen LogP contribution in [0.2, 0.25) is 0 Å². The zero-order valence-corrected chi connectivity index (χ0v) is 13.3. The molecule has 0 radical (unpaired) electrons. The first-order valence-electron chi connectivity index (χ1n) is 8.21. The minimum atomic E-state index is -0.230. The van der Waals surface area contributed by atoms with Crippen molar-refractivity contribution in [3.8, 4) is 11.1 Å². The fourth-order valence-corrected chi connectivity index (χ4v) is 3.14. The molecule has 0 bridgehead atoms. The van der Waals surface area contributed by atoms with Gasteiger partial charge in [-0.15, -0.1) is 0 Å². The van der Waals surface area contributed by atoms with Crippen molar-refractivity contribution < 1.29 is 4.74 Å². The van der Waals surface area contributed by atoms with E-state index in [2.05, 4.69) is 79.7 Å². The zero-order valence-electron chi connectivity index (χ0n) is 13.3. The number of ether oxygens (including phenoxy) is 1. The first-order valence-corrected chi connectivity index (χ1v) is 8.21. The summed E-state index contributed by atoms with van der Waals surface area (Å²) in [6.07, 6.45) is 1.08. The quantitative estimate of drug-likeness (QED) is 0.604. The first kappa shape index (κ1) is 14.2. The minimum absolute atomic E-state index is 0.230. The highest BCUT2D eigenvalue weighted by atomic mass is 16.6. The maximum absolute atomic E-state index is 5.84. The van der Waals surface area contributed by atoms with Crippen molar-refractivity contribution in [2.24, 2.45) is 0 Å². The van der Waals surface area contributed by atoms with Crippen LogP contribution in [0, 0.1) is 0 Å². The van der Waals surface area contributed by atoms with Crippen molar-refractivity contribution in [1.29, 1.82) is 0 Å². The van der Waals surface area contributed by atoms with Gasteiger partial charge in [-0.2, -0.15) is 0 Å². The fourth-order valence-electron chi connectivity index (χ4n) is 3.14. The number of rotatable bonds is 4. The third-order valence-electron chi connectivity index (χ3n) is 4.72. The molecule has 3 aromatic rings. The molecule has 23 heavy (non-hydrogen) atoms. The van der Waals surface area contributed by atoms with Gasteiger partial charge in [0.15, 0.2) is 0 Å². The van der Waals surface area contributed by atoms with Gasteiger partial charge in [-0.25, -0.2) is 0 Å². The average molecular weight is 300 g/mol. The summed E-state index contributed by atoms with van der Waals surface area (Å²) in [6, 6.07) is 28.1. The van der Waals surface area contributed by atoms with Crippen LogP contribution in [0.25, 0.3) is 11.1 Å². The summed E-state index contributed by atoms with van der Waals surface area (Å²) in [6.45, 7) is 2.95. The molecule has 1 unspecified atom stereocenters. The van der Waals surface area contributed by atoms with E-state index in [0.29, 0.717) is 0 Å². The van der Waals surface area contributed by atoms with E-state index < -0.39 is 0 Å². The number of benzene rings is 3. The lowest BCUT2D eigenvalue weighted by Gasteiger charge is -2.13. The van der Waals surface area contributed by atoms with E-state index in [1.54, 1.807) is 0 Å². The molecule has 1 aliphatic rings. The van der Waals surface area contributed by atoms with E-state index in [9.17, 15) is 0 Å². The zero-order chi connectivity index (χ0) is 15.7. The molecule has 0 spiro atoms. The molecule has 1 nitrogen and oxygen atoms in total. The molecular weight excluding hydrogens is 280 g/mol. The normalized spacial score (nSPS) is 19.5. The number of hydrogen-bond donors (Lipinski definition) is 0. The summed E-state index contributed by atoms with van der Waals surface area (Å²) in [5.41, 5.74) is 6.13. The Morgan fingerprint density at radius 1 is 0.739 bits per heavy atom. The Hall–Kier alpha value is -2.38. The van der Waals surface area contributed by atoms with Gasteiger partial charge < -0.3 is 4.74 Å². The maximum atomic E-state index is 5.84. The highest BCUT2D eigenvalue weighted by molar-refractivity contribution is 5.64. The molecule has 0 saturated carbocycles. The molecule has 3 aromatic carbocycles. The monoisotopic (exact) mass is 300 g/mol. The molecule has 0 aliphatic carbocycles. The van der Waals surface area contributed by atoms with Crippen molar-refractivity contribution in [3.63, 3.8) is 0 Å². The molecule has 1 aliphatic heterocycles. The van der Waals surface area contributed by atoms with Crippen LogP contribution >= 0.6 is 0 Å². The van der Waals surface area contributed by atoms with Crippen LogP contribution in [0.1, 0.15) is 23.6 Å². The van der Waals surface area contributed by atoms with Crippen LogP contribution in [0.4, 0.5) is 0 Å². The smallest absolute Gasteiger partial charge is 0.142 e. The van der Waals surface area contributed by atoms with Crippen LogP contribution in [-0.4, -0.2) is 6.61 Å². The summed E-state index contributed by atoms with van der Waals surface area (Å²) >= 11 is 0. The minimum Gasteiger partial charge on any atom is -0.359 e. The highest BCUT2D eigenvalue weighted by Gasteiger charge is 2.47. The number of aryl methyl sites for hydroxylation is 1. The van der Waals surface area contributed by atoms with Gasteiger partial charge in [-0.3, -0.25) is 0 Å². The van der Waals surface area contributed by atoms with Gasteiger partial charge in [-0.05, 0) is 34.2 Å². The van der Waals surface area contributed by atoms with Crippen LogP contribution in [-0.2, 0) is 16.8 Å². The topological polar surface area (TPSA) is 12.5 Å². The fraction of sp³-hybridized carbons (Fsp3) is 0.182. The highest BCUT2D eigenvalue weighted by Crippen LogP contribution is 2.45. The summed E-state index contributed by atoms with van der Waals surface area (Å²) in [5.74, 6) is 0. The van der Waals surface area contributed by atoms with Crippen molar-refractivity contribution in [3.05, 3.63) is 95.6 Å². The molecule has 114 valence electrons. The van der Waals surface area contributed by atoms with Crippen molar-refractivity contribution >= 4 is 0 Å². The molecule has 0 aromatic heterocycles. The van der Waals surface area contributed by atoms with Gasteiger partial charge in [-0.1, -0.05) is 85.8 Å². The van der Waals surface area contributed by atoms with Gasteiger partial charge in [0.1, 0.15) is 5.60 Å². The summed E-state index contributed by atoms with van der Waals surface area (Å²) in [7, 11) is 0. The second-order valence-electron chi connectivity index (χ2n) is 6.11. The molecule has 1 atom stereocenters. The Bertz CT molecular complexity index is 782. The third-order valence-corrected chi connectivity index (χ3v) is 4.72. The second-order valence-corrected chi connectivity index (χ2v) is 6.11. The van der Waals surface area contributed by atoms with Crippen LogP contribution in [0.5, 0.6) is 0 Å². The Balaban J connectivity index is 1.63. The van der Waals surface area contributed by atoms with E-state index >= 15 is 0 Å². The van der Waals surface area contributed by atoms with Gasteiger partial charge in [0.25, 0.3) is 0 Å². The number of hydrogen-bond acceptors (Lipinski definition) is 1. The molecule has 0 amide bonds. The van der Waals surface area contributed by atoms with E-state index in [1.165, 1.54) is 27.8 Å². The molecule has 0 N–H and O–H groups in total. The largest absolute Gasteiger partial charge is 0.359 e. The predicted octanol–water partition coefficient (Wildman–Crippen LogP) is 5.19. The van der Waals surface area contributed by atoms with Crippen LogP contribution in [0.15, 0.2) is 78.9 Å². The van der Waals surface area contributed by atoms with Gasteiger partial charge >= 0.3 is 0 Å². The average Bonchev–Trinajstić information content (AvgIpc) is 3.45. The lowest BCUT2D eigenvalue weighted by molar-refractivity contribution is 0.349. The van der Waals surface area contributed by atoms with E-state index in [0.717, 1.165) is 13.0 Å². The Morgan fingerprint density at radius 3 is 1.78 bits per heavy atom. The molecule has 1 saturated heterocycles. The number of epoxide rings is 1. The van der Waals surface area contributed by atoms with E-state index in [4.69, 9.17) is 4.74 Å². The van der Waals surface area contributed by atoms with Crippen LogP contribution in [0.3, 0.4) is 0 Å². The first-order chi connectivity index (χ1) is 11.3. The van der Waals surface area contributed by atoms with Gasteiger partial charge in [0.2, 0.25) is 0 Å². The molecule has 1 heterocycles. The van der Waals surface area contributed by atoms with Crippen molar-refractivity contribution in [2.75, 3.05) is 6.61 Å². The summed E-state index contributed by atoms with van der Waals surface area (Å²) < 4.78 is 5.84. The lowest BCUT2D eigenvalue weighted by atomic mass is 9.90. The van der Waals surface area contributed by atoms with Gasteiger partial charge in [0, 0.05) is 0 Å². The van der Waals surface area contributed by atoms with Crippen LogP contribution < -0.4 is 0 Å². The molecule has 4 rings (SSSR count). The Labute approximate surface area is 137 Å². The van der Waals surface area contributed by atoms with Gasteiger partial charge in [0.05, 0.1) is 6.61 Å². The lowest BCUT2D eigenvalue weighted by Crippen LogP contribution is -2.10.